The number of alkyl carbamates (subject to hydrolysis) is 1. The molecule has 3 amide bonds. The van der Waals surface area contributed by atoms with Crippen molar-refractivity contribution in [3.63, 3.8) is 0 Å². The lowest BCUT2D eigenvalue weighted by molar-refractivity contribution is -0.142. The van der Waals surface area contributed by atoms with E-state index in [2.05, 4.69) is 36.1 Å². The number of hydrogen-bond acceptors (Lipinski definition) is 5. The third-order valence-electron chi connectivity index (χ3n) is 5.34. The third-order valence-corrected chi connectivity index (χ3v) is 5.71. The lowest BCUT2D eigenvalue weighted by atomic mass is 10.0. The fraction of sp³-hybridized carbons (Fsp3) is 0.607. The van der Waals surface area contributed by atoms with E-state index in [9.17, 15) is 14.4 Å². The van der Waals surface area contributed by atoms with Crippen LogP contribution in [-0.2, 0) is 14.3 Å². The maximum atomic E-state index is 13.8. The molecule has 7 nitrogen and oxygen atoms in total. The minimum absolute atomic E-state index is 0.0545. The Labute approximate surface area is 222 Å². The quantitative estimate of drug-likeness (QED) is 0.198. The van der Waals surface area contributed by atoms with E-state index >= 15 is 0 Å². The van der Waals surface area contributed by atoms with Gasteiger partial charge in [-0.3, -0.25) is 9.59 Å². The molecule has 0 saturated carbocycles. The zero-order chi connectivity index (χ0) is 27.3. The topological polar surface area (TPSA) is 87.7 Å². The molecule has 1 aromatic rings. The summed E-state index contributed by atoms with van der Waals surface area (Å²) in [6.07, 6.45) is 9.71. The molecule has 0 aliphatic rings. The SMILES string of the molecule is C#Cc1ccc(C(C(=O)NC(C)C)N(CCCCCCC)C(=O)C(CS)NC(=O)OC(C)(C)C)cc1. The maximum absolute atomic E-state index is 13.8. The predicted octanol–water partition coefficient (Wildman–Crippen LogP) is 4.86. The molecule has 0 radical (unpaired) electrons. The molecule has 0 aliphatic carbocycles. The van der Waals surface area contributed by atoms with Crippen LogP contribution in [-0.4, -0.2) is 52.8 Å². The van der Waals surface area contributed by atoms with Gasteiger partial charge in [-0.25, -0.2) is 4.79 Å². The van der Waals surface area contributed by atoms with Gasteiger partial charge in [0.25, 0.3) is 0 Å². The summed E-state index contributed by atoms with van der Waals surface area (Å²) in [5.74, 6) is 1.94. The minimum atomic E-state index is -0.960. The van der Waals surface area contributed by atoms with Gasteiger partial charge in [-0.05, 0) is 58.7 Å². The van der Waals surface area contributed by atoms with Crippen molar-refractivity contribution in [2.45, 2.75) is 97.4 Å². The monoisotopic (exact) mass is 517 g/mol. The van der Waals surface area contributed by atoms with Crippen LogP contribution in [0.1, 0.15) is 90.8 Å². The zero-order valence-electron chi connectivity index (χ0n) is 22.6. The average molecular weight is 518 g/mol. The smallest absolute Gasteiger partial charge is 0.408 e. The standard InChI is InChI=1S/C28H43N3O4S/c1-8-10-11-12-13-18-31(26(33)23(19-36)30-27(34)35-28(5,6)7)24(25(32)29-20(3)4)22-16-14-21(9-2)15-17-22/h2,14-17,20,23-24,36H,8,10-13,18-19H2,1,3-7H3,(H,29,32)(H,30,34). The lowest BCUT2D eigenvalue weighted by Gasteiger charge is -2.34. The zero-order valence-corrected chi connectivity index (χ0v) is 23.5. The van der Waals surface area contributed by atoms with Crippen LogP contribution >= 0.6 is 12.6 Å². The summed E-state index contributed by atoms with van der Waals surface area (Å²) >= 11 is 4.32. The summed E-state index contributed by atoms with van der Waals surface area (Å²) in [5.41, 5.74) is 0.606. The number of benzene rings is 1. The van der Waals surface area contributed by atoms with Gasteiger partial charge in [-0.1, -0.05) is 50.7 Å². The Hall–Kier alpha value is -2.66. The number of terminal acetylenes is 1. The Kier molecular flexibility index (Phi) is 13.5. The van der Waals surface area contributed by atoms with Crippen LogP contribution in [0.25, 0.3) is 0 Å². The molecule has 0 fully saturated rings. The Morgan fingerprint density at radius 1 is 1.06 bits per heavy atom. The van der Waals surface area contributed by atoms with Gasteiger partial charge in [0.05, 0.1) is 0 Å². The van der Waals surface area contributed by atoms with Crippen molar-refractivity contribution in [3.05, 3.63) is 35.4 Å². The van der Waals surface area contributed by atoms with Gasteiger partial charge in [0, 0.05) is 23.9 Å². The van der Waals surface area contributed by atoms with Gasteiger partial charge in [0.2, 0.25) is 11.8 Å². The summed E-state index contributed by atoms with van der Waals surface area (Å²) in [5, 5.41) is 5.57. The Morgan fingerprint density at radius 2 is 1.67 bits per heavy atom. The molecule has 0 heterocycles. The first-order chi connectivity index (χ1) is 16.9. The van der Waals surface area contributed by atoms with E-state index in [1.165, 1.54) is 0 Å². The first kappa shape index (κ1) is 31.4. The first-order valence-corrected chi connectivity index (χ1v) is 13.3. The molecule has 1 aromatic carbocycles. The highest BCUT2D eigenvalue weighted by Gasteiger charge is 2.35. The number of hydrogen-bond donors (Lipinski definition) is 3. The molecule has 2 N–H and O–H groups in total. The lowest BCUT2D eigenvalue weighted by Crippen LogP contribution is -2.54. The fourth-order valence-corrected chi connectivity index (χ4v) is 3.93. The summed E-state index contributed by atoms with van der Waals surface area (Å²) in [6.45, 7) is 11.5. The van der Waals surface area contributed by atoms with Gasteiger partial charge in [0.1, 0.15) is 17.7 Å². The molecule has 1 rings (SSSR count). The highest BCUT2D eigenvalue weighted by atomic mass is 32.1. The molecule has 0 saturated heterocycles. The van der Waals surface area contributed by atoms with Crippen LogP contribution < -0.4 is 10.6 Å². The normalized spacial score (nSPS) is 12.9. The van der Waals surface area contributed by atoms with Gasteiger partial charge in [-0.2, -0.15) is 12.6 Å². The van der Waals surface area contributed by atoms with Crippen LogP contribution in [0.4, 0.5) is 4.79 Å². The van der Waals surface area contributed by atoms with Crippen LogP contribution in [0.2, 0.25) is 0 Å². The van der Waals surface area contributed by atoms with Crippen molar-refractivity contribution in [1.82, 2.24) is 15.5 Å². The molecular weight excluding hydrogens is 474 g/mol. The van der Waals surface area contributed by atoms with Crippen molar-refractivity contribution >= 4 is 30.5 Å². The second-order valence-corrected chi connectivity index (χ2v) is 10.5. The predicted molar refractivity (Wildman–Crippen MR) is 148 cm³/mol. The Bertz CT molecular complexity index is 888. The van der Waals surface area contributed by atoms with Crippen LogP contribution in [0.5, 0.6) is 0 Å². The van der Waals surface area contributed by atoms with Gasteiger partial charge in [-0.15, -0.1) is 6.42 Å². The van der Waals surface area contributed by atoms with Crippen LogP contribution in [0.15, 0.2) is 24.3 Å². The maximum Gasteiger partial charge on any atom is 0.408 e. The first-order valence-electron chi connectivity index (χ1n) is 12.7. The minimum Gasteiger partial charge on any atom is -0.444 e. The van der Waals surface area contributed by atoms with E-state index in [1.54, 1.807) is 49.9 Å². The largest absolute Gasteiger partial charge is 0.444 e. The van der Waals surface area contributed by atoms with E-state index in [1.807, 2.05) is 13.8 Å². The molecule has 2 unspecified atom stereocenters. The second kappa shape index (κ2) is 15.5. The van der Waals surface area contributed by atoms with Crippen molar-refractivity contribution in [1.29, 1.82) is 0 Å². The Morgan fingerprint density at radius 3 is 2.17 bits per heavy atom. The Balaban J connectivity index is 3.36. The van der Waals surface area contributed by atoms with E-state index in [0.717, 1.165) is 32.1 Å². The van der Waals surface area contributed by atoms with Crippen LogP contribution in [0, 0.1) is 12.3 Å². The highest BCUT2D eigenvalue weighted by Crippen LogP contribution is 2.24. The number of thiol groups is 1. The molecule has 200 valence electrons. The molecule has 0 aliphatic heterocycles. The van der Waals surface area contributed by atoms with E-state index in [0.29, 0.717) is 17.7 Å². The highest BCUT2D eigenvalue weighted by molar-refractivity contribution is 7.80. The van der Waals surface area contributed by atoms with E-state index < -0.39 is 29.7 Å². The third kappa shape index (κ3) is 10.9. The summed E-state index contributed by atoms with van der Waals surface area (Å²) in [4.78, 5) is 41.2. The van der Waals surface area contributed by atoms with Crippen molar-refractivity contribution in [3.8, 4) is 12.3 Å². The molecule has 8 heteroatoms. The van der Waals surface area contributed by atoms with Gasteiger partial charge < -0.3 is 20.3 Å². The number of ether oxygens (including phenoxy) is 1. The summed E-state index contributed by atoms with van der Waals surface area (Å²) in [6, 6.07) is 5.08. The molecule has 36 heavy (non-hydrogen) atoms. The number of nitrogens with one attached hydrogen (secondary N) is 2. The second-order valence-electron chi connectivity index (χ2n) is 10.2. The fourth-order valence-electron chi connectivity index (χ4n) is 3.69. The van der Waals surface area contributed by atoms with Gasteiger partial charge in [0.15, 0.2) is 0 Å². The van der Waals surface area contributed by atoms with E-state index in [4.69, 9.17) is 11.2 Å². The summed E-state index contributed by atoms with van der Waals surface area (Å²) in [7, 11) is 0. The summed E-state index contributed by atoms with van der Waals surface area (Å²) < 4.78 is 5.34. The number of nitrogens with zero attached hydrogens (tertiary/aromatic N) is 1. The van der Waals surface area contributed by atoms with Crippen molar-refractivity contribution < 1.29 is 19.1 Å². The van der Waals surface area contributed by atoms with Crippen molar-refractivity contribution in [2.75, 3.05) is 12.3 Å². The van der Waals surface area contributed by atoms with Gasteiger partial charge >= 0.3 is 6.09 Å². The van der Waals surface area contributed by atoms with E-state index in [-0.39, 0.29) is 17.7 Å². The van der Waals surface area contributed by atoms with Crippen LogP contribution in [0.3, 0.4) is 0 Å². The van der Waals surface area contributed by atoms with Crippen molar-refractivity contribution in [2.24, 2.45) is 0 Å². The number of unbranched alkanes of at least 4 members (excludes halogenated alkanes) is 4. The molecule has 0 bridgehead atoms. The number of rotatable bonds is 13. The molecule has 0 spiro atoms. The number of carbonyl (C=O) groups excluding carboxylic acids is 3. The number of amides is 3. The average Bonchev–Trinajstić information content (AvgIpc) is 2.79. The molecule has 2 atom stereocenters. The molecule has 0 aromatic heterocycles. The molecular formula is C28H43N3O4S. The number of carbonyl (C=O) groups is 3.